The third kappa shape index (κ3) is 3.92. The monoisotopic (exact) mass is 324 g/mol. The van der Waals surface area contributed by atoms with E-state index in [0.29, 0.717) is 5.76 Å². The fourth-order valence-corrected chi connectivity index (χ4v) is 2.17. The second-order valence-electron chi connectivity index (χ2n) is 5.15. The van der Waals surface area contributed by atoms with Crippen LogP contribution in [0.15, 0.2) is 70.1 Å². The van der Waals surface area contributed by atoms with Crippen LogP contribution in [-0.4, -0.2) is 11.8 Å². The van der Waals surface area contributed by atoms with Gasteiger partial charge in [0.25, 0.3) is 0 Å². The maximum Gasteiger partial charge on any atom is 0.309 e. The van der Waals surface area contributed by atoms with E-state index < -0.39 is 11.8 Å². The molecule has 3 aromatic rings. The van der Waals surface area contributed by atoms with Gasteiger partial charge >= 0.3 is 11.8 Å². The Balaban J connectivity index is 1.48. The zero-order valence-electron chi connectivity index (χ0n) is 12.8. The van der Waals surface area contributed by atoms with Crippen molar-refractivity contribution < 1.29 is 18.4 Å². The summed E-state index contributed by atoms with van der Waals surface area (Å²) in [5, 5.41) is 5.08. The smallest absolute Gasteiger partial charge is 0.309 e. The van der Waals surface area contributed by atoms with Crippen LogP contribution >= 0.6 is 0 Å². The summed E-state index contributed by atoms with van der Waals surface area (Å²) in [6.07, 6.45) is 4.79. The molecule has 2 aromatic heterocycles. The summed E-state index contributed by atoms with van der Waals surface area (Å²) in [4.78, 5) is 23.5. The van der Waals surface area contributed by atoms with E-state index in [1.54, 1.807) is 24.7 Å². The van der Waals surface area contributed by atoms with Gasteiger partial charge in [-0.15, -0.1) is 0 Å². The van der Waals surface area contributed by atoms with Crippen LogP contribution in [0.25, 0.3) is 11.1 Å². The molecular formula is C18H16N2O4. The zero-order valence-corrected chi connectivity index (χ0v) is 12.8. The second-order valence-corrected chi connectivity index (χ2v) is 5.15. The molecule has 0 unspecified atom stereocenters. The molecule has 2 N–H and O–H groups in total. The molecule has 0 fully saturated rings. The lowest BCUT2D eigenvalue weighted by molar-refractivity contribution is -0.139. The number of hydrogen-bond acceptors (Lipinski definition) is 4. The Kier molecular flexibility index (Phi) is 4.76. The number of nitrogens with one attached hydrogen (secondary N) is 2. The standard InChI is InChI=1S/C18H16N2O4/c21-17(18(22)20-11-16-2-1-8-24-16)19-10-13-3-5-14(6-4-13)15-7-9-23-12-15/h1-9,12H,10-11H2,(H,19,21)(H,20,22). The predicted molar refractivity (Wildman–Crippen MR) is 86.5 cm³/mol. The van der Waals surface area contributed by atoms with Gasteiger partial charge in [0, 0.05) is 12.1 Å². The first-order valence-electron chi connectivity index (χ1n) is 7.42. The van der Waals surface area contributed by atoms with E-state index in [1.807, 2.05) is 30.3 Å². The van der Waals surface area contributed by atoms with Crippen LogP contribution in [0.4, 0.5) is 0 Å². The van der Waals surface area contributed by atoms with Gasteiger partial charge in [-0.3, -0.25) is 9.59 Å². The highest BCUT2D eigenvalue weighted by Gasteiger charge is 2.13. The van der Waals surface area contributed by atoms with E-state index in [-0.39, 0.29) is 13.1 Å². The number of benzene rings is 1. The first-order chi connectivity index (χ1) is 11.7. The molecule has 0 saturated heterocycles. The summed E-state index contributed by atoms with van der Waals surface area (Å²) in [6, 6.07) is 13.0. The number of carbonyl (C=O) groups excluding carboxylic acids is 2. The fourth-order valence-electron chi connectivity index (χ4n) is 2.17. The molecule has 6 nitrogen and oxygen atoms in total. The van der Waals surface area contributed by atoms with Gasteiger partial charge in [0.15, 0.2) is 0 Å². The van der Waals surface area contributed by atoms with Crippen LogP contribution in [-0.2, 0) is 22.7 Å². The van der Waals surface area contributed by atoms with Crippen LogP contribution in [0.1, 0.15) is 11.3 Å². The number of carbonyl (C=O) groups is 2. The molecule has 2 amide bonds. The highest BCUT2D eigenvalue weighted by molar-refractivity contribution is 6.35. The number of furan rings is 2. The van der Waals surface area contributed by atoms with Gasteiger partial charge in [0.1, 0.15) is 5.76 Å². The van der Waals surface area contributed by atoms with Crippen LogP contribution < -0.4 is 10.6 Å². The third-order valence-corrected chi connectivity index (χ3v) is 3.47. The Morgan fingerprint density at radius 3 is 2.21 bits per heavy atom. The molecular weight excluding hydrogens is 308 g/mol. The Bertz CT molecular complexity index is 790. The van der Waals surface area contributed by atoms with Crippen molar-refractivity contribution in [3.05, 3.63) is 72.6 Å². The van der Waals surface area contributed by atoms with E-state index in [4.69, 9.17) is 8.83 Å². The molecule has 1 aromatic carbocycles. The summed E-state index contributed by atoms with van der Waals surface area (Å²) in [5.41, 5.74) is 2.91. The summed E-state index contributed by atoms with van der Waals surface area (Å²) in [6.45, 7) is 0.456. The molecule has 3 rings (SSSR count). The summed E-state index contributed by atoms with van der Waals surface area (Å²) < 4.78 is 10.1. The van der Waals surface area contributed by atoms with E-state index >= 15 is 0 Å². The number of amides is 2. The summed E-state index contributed by atoms with van der Waals surface area (Å²) in [5.74, 6) is -0.784. The minimum atomic E-state index is -0.693. The quantitative estimate of drug-likeness (QED) is 0.706. The predicted octanol–water partition coefficient (Wildman–Crippen LogP) is 2.47. The average Bonchev–Trinajstić information content (AvgIpc) is 3.31. The van der Waals surface area contributed by atoms with E-state index in [0.717, 1.165) is 16.7 Å². The normalized spacial score (nSPS) is 10.3. The van der Waals surface area contributed by atoms with E-state index in [2.05, 4.69) is 10.6 Å². The SMILES string of the molecule is O=C(NCc1ccc(-c2ccoc2)cc1)C(=O)NCc1ccco1. The van der Waals surface area contributed by atoms with Crippen molar-refractivity contribution in [2.24, 2.45) is 0 Å². The maximum atomic E-state index is 11.8. The van der Waals surface area contributed by atoms with Crippen molar-refractivity contribution in [1.82, 2.24) is 10.6 Å². The van der Waals surface area contributed by atoms with Crippen molar-refractivity contribution in [2.75, 3.05) is 0 Å². The molecule has 0 aliphatic heterocycles. The minimum absolute atomic E-state index is 0.179. The average molecular weight is 324 g/mol. The number of hydrogen-bond donors (Lipinski definition) is 2. The lowest BCUT2D eigenvalue weighted by Crippen LogP contribution is -2.39. The molecule has 24 heavy (non-hydrogen) atoms. The molecule has 6 heteroatoms. The Labute approximate surface area is 138 Å². The third-order valence-electron chi connectivity index (χ3n) is 3.47. The Morgan fingerprint density at radius 1 is 0.833 bits per heavy atom. The van der Waals surface area contributed by atoms with Gasteiger partial charge in [0.05, 0.1) is 25.3 Å². The molecule has 0 atom stereocenters. The van der Waals surface area contributed by atoms with Gasteiger partial charge in [0.2, 0.25) is 0 Å². The van der Waals surface area contributed by atoms with Crippen LogP contribution in [0.5, 0.6) is 0 Å². The molecule has 0 saturated carbocycles. The Morgan fingerprint density at radius 2 is 1.58 bits per heavy atom. The molecule has 0 aliphatic carbocycles. The first kappa shape index (κ1) is 15.6. The maximum absolute atomic E-state index is 11.8. The molecule has 0 radical (unpaired) electrons. The van der Waals surface area contributed by atoms with Crippen molar-refractivity contribution in [1.29, 1.82) is 0 Å². The van der Waals surface area contributed by atoms with Crippen molar-refractivity contribution in [2.45, 2.75) is 13.1 Å². The van der Waals surface area contributed by atoms with Crippen LogP contribution in [0.2, 0.25) is 0 Å². The highest BCUT2D eigenvalue weighted by Crippen LogP contribution is 2.19. The van der Waals surface area contributed by atoms with E-state index in [9.17, 15) is 9.59 Å². The van der Waals surface area contributed by atoms with Gasteiger partial charge in [-0.25, -0.2) is 0 Å². The molecule has 0 spiro atoms. The van der Waals surface area contributed by atoms with Crippen LogP contribution in [0.3, 0.4) is 0 Å². The first-order valence-corrected chi connectivity index (χ1v) is 7.42. The highest BCUT2D eigenvalue weighted by atomic mass is 16.3. The Hall–Kier alpha value is -3.28. The van der Waals surface area contributed by atoms with Gasteiger partial charge < -0.3 is 19.5 Å². The lowest BCUT2D eigenvalue weighted by Gasteiger charge is -2.06. The van der Waals surface area contributed by atoms with Gasteiger partial charge in [-0.1, -0.05) is 24.3 Å². The number of rotatable bonds is 5. The van der Waals surface area contributed by atoms with Gasteiger partial charge in [-0.2, -0.15) is 0 Å². The summed E-state index contributed by atoms with van der Waals surface area (Å²) in [7, 11) is 0. The van der Waals surface area contributed by atoms with Gasteiger partial charge in [-0.05, 0) is 29.3 Å². The second kappa shape index (κ2) is 7.32. The topological polar surface area (TPSA) is 84.5 Å². The van der Waals surface area contributed by atoms with E-state index in [1.165, 1.54) is 6.26 Å². The largest absolute Gasteiger partial charge is 0.472 e. The molecule has 0 aliphatic rings. The van der Waals surface area contributed by atoms with Crippen molar-refractivity contribution in [3.63, 3.8) is 0 Å². The van der Waals surface area contributed by atoms with Crippen molar-refractivity contribution >= 4 is 11.8 Å². The molecule has 0 bridgehead atoms. The minimum Gasteiger partial charge on any atom is -0.472 e. The zero-order chi connectivity index (χ0) is 16.8. The summed E-state index contributed by atoms with van der Waals surface area (Å²) >= 11 is 0. The fraction of sp³-hybridized carbons (Fsp3) is 0.111. The van der Waals surface area contributed by atoms with Crippen molar-refractivity contribution in [3.8, 4) is 11.1 Å². The molecule has 2 heterocycles. The lowest BCUT2D eigenvalue weighted by atomic mass is 10.1. The van der Waals surface area contributed by atoms with Crippen LogP contribution in [0, 0.1) is 0 Å². The molecule has 122 valence electrons.